The molecule has 0 aliphatic carbocycles. The van der Waals surface area contributed by atoms with Crippen LogP contribution in [0.5, 0.6) is 0 Å². The Morgan fingerprint density at radius 1 is 1.05 bits per heavy atom. The minimum absolute atomic E-state index is 0.0249. The maximum Gasteiger partial charge on any atom is 0.251 e. The van der Waals surface area contributed by atoms with Crippen LogP contribution in [0, 0.1) is 5.92 Å². The van der Waals surface area contributed by atoms with E-state index in [9.17, 15) is 4.79 Å². The molecule has 0 fully saturated rings. The Bertz CT molecular complexity index is 635. The summed E-state index contributed by atoms with van der Waals surface area (Å²) in [4.78, 5) is 12.5. The summed E-state index contributed by atoms with van der Waals surface area (Å²) in [7, 11) is 0. The van der Waals surface area contributed by atoms with Gasteiger partial charge in [0.25, 0.3) is 5.91 Å². The fourth-order valence-electron chi connectivity index (χ4n) is 2.45. The van der Waals surface area contributed by atoms with E-state index in [-0.39, 0.29) is 5.91 Å². The number of hydrogen-bond donors (Lipinski definition) is 2. The molecular formula is C19H24N2O. The molecule has 0 saturated carbocycles. The van der Waals surface area contributed by atoms with Gasteiger partial charge >= 0.3 is 0 Å². The second-order valence-electron chi connectivity index (χ2n) is 5.85. The van der Waals surface area contributed by atoms with Crippen molar-refractivity contribution < 1.29 is 4.79 Å². The molecule has 3 nitrogen and oxygen atoms in total. The van der Waals surface area contributed by atoms with Crippen molar-refractivity contribution in [3.63, 3.8) is 0 Å². The van der Waals surface area contributed by atoms with E-state index in [0.717, 1.165) is 23.1 Å². The Morgan fingerprint density at radius 2 is 1.68 bits per heavy atom. The quantitative estimate of drug-likeness (QED) is 0.856. The predicted molar refractivity (Wildman–Crippen MR) is 91.6 cm³/mol. The van der Waals surface area contributed by atoms with Crippen molar-refractivity contribution in [2.45, 2.75) is 26.8 Å². The summed E-state index contributed by atoms with van der Waals surface area (Å²) in [5.74, 6) is 0.552. The Labute approximate surface area is 132 Å². The molecule has 1 amide bonds. The fourth-order valence-corrected chi connectivity index (χ4v) is 2.45. The first-order chi connectivity index (χ1) is 10.6. The van der Waals surface area contributed by atoms with E-state index >= 15 is 0 Å². The first kappa shape index (κ1) is 16.2. The molecular weight excluding hydrogens is 272 g/mol. The zero-order chi connectivity index (χ0) is 15.9. The molecule has 0 saturated heterocycles. The normalized spacial score (nSPS) is 10.7. The molecule has 2 rings (SSSR count). The van der Waals surface area contributed by atoms with E-state index in [1.807, 2.05) is 48.5 Å². The van der Waals surface area contributed by atoms with Gasteiger partial charge in [0.1, 0.15) is 0 Å². The highest BCUT2D eigenvalue weighted by Gasteiger charge is 2.13. The van der Waals surface area contributed by atoms with Gasteiger partial charge in [-0.25, -0.2) is 0 Å². The molecule has 0 heterocycles. The van der Waals surface area contributed by atoms with Gasteiger partial charge in [0, 0.05) is 18.7 Å². The zero-order valence-corrected chi connectivity index (χ0v) is 13.3. The van der Waals surface area contributed by atoms with Gasteiger partial charge in [0.15, 0.2) is 0 Å². The standard InChI is InChI=1S/C19H24N2O/c1-14(2)11-12-21-19(22)18-10-6-5-9-17(18)16-8-4-3-7-15(16)13-20/h3-10,14H,11-13,20H2,1-2H3,(H,21,22). The van der Waals surface area contributed by atoms with Crippen molar-refractivity contribution in [3.8, 4) is 11.1 Å². The lowest BCUT2D eigenvalue weighted by Gasteiger charge is -2.13. The fraction of sp³-hybridized carbons (Fsp3) is 0.316. The highest BCUT2D eigenvalue weighted by atomic mass is 16.1. The molecule has 116 valence electrons. The van der Waals surface area contributed by atoms with E-state index in [1.54, 1.807) is 0 Å². The maximum atomic E-state index is 12.5. The molecule has 3 N–H and O–H groups in total. The van der Waals surface area contributed by atoms with Crippen LogP contribution in [0.2, 0.25) is 0 Å². The van der Waals surface area contributed by atoms with Gasteiger partial charge in [-0.3, -0.25) is 4.79 Å². The minimum Gasteiger partial charge on any atom is -0.352 e. The number of amides is 1. The van der Waals surface area contributed by atoms with Gasteiger partial charge < -0.3 is 11.1 Å². The molecule has 0 unspecified atom stereocenters. The van der Waals surface area contributed by atoms with Crippen LogP contribution in [0.25, 0.3) is 11.1 Å². The van der Waals surface area contributed by atoms with Crippen LogP contribution in [0.15, 0.2) is 48.5 Å². The molecule has 0 bridgehead atoms. The van der Waals surface area contributed by atoms with E-state index in [4.69, 9.17) is 5.73 Å². The average molecular weight is 296 g/mol. The van der Waals surface area contributed by atoms with Gasteiger partial charge in [-0.1, -0.05) is 56.3 Å². The van der Waals surface area contributed by atoms with Crippen molar-refractivity contribution >= 4 is 5.91 Å². The number of benzene rings is 2. The van der Waals surface area contributed by atoms with Crippen LogP contribution in [-0.4, -0.2) is 12.5 Å². The van der Waals surface area contributed by atoms with Gasteiger partial charge in [-0.15, -0.1) is 0 Å². The summed E-state index contributed by atoms with van der Waals surface area (Å²) in [6, 6.07) is 15.7. The van der Waals surface area contributed by atoms with Crippen molar-refractivity contribution in [2.75, 3.05) is 6.54 Å². The third-order valence-electron chi connectivity index (χ3n) is 3.71. The molecule has 0 aromatic heterocycles. The lowest BCUT2D eigenvalue weighted by atomic mass is 9.95. The molecule has 0 aliphatic heterocycles. The Kier molecular flexibility index (Phi) is 5.73. The maximum absolute atomic E-state index is 12.5. The summed E-state index contributed by atoms with van der Waals surface area (Å²) in [6.07, 6.45) is 0.979. The number of rotatable bonds is 6. The Hall–Kier alpha value is -2.13. The zero-order valence-electron chi connectivity index (χ0n) is 13.3. The van der Waals surface area contributed by atoms with Crippen molar-refractivity contribution in [2.24, 2.45) is 11.7 Å². The highest BCUT2D eigenvalue weighted by molar-refractivity contribution is 6.01. The number of nitrogens with one attached hydrogen (secondary N) is 1. The second-order valence-corrected chi connectivity index (χ2v) is 5.85. The van der Waals surface area contributed by atoms with E-state index in [2.05, 4.69) is 19.2 Å². The monoisotopic (exact) mass is 296 g/mol. The van der Waals surface area contributed by atoms with Crippen LogP contribution in [0.1, 0.15) is 36.2 Å². The molecule has 2 aromatic rings. The van der Waals surface area contributed by atoms with E-state index < -0.39 is 0 Å². The second kappa shape index (κ2) is 7.76. The Morgan fingerprint density at radius 3 is 2.36 bits per heavy atom. The highest BCUT2D eigenvalue weighted by Crippen LogP contribution is 2.27. The molecule has 0 aliphatic rings. The van der Waals surface area contributed by atoms with E-state index in [0.29, 0.717) is 24.6 Å². The van der Waals surface area contributed by atoms with Gasteiger partial charge in [0.2, 0.25) is 0 Å². The van der Waals surface area contributed by atoms with E-state index in [1.165, 1.54) is 0 Å². The average Bonchev–Trinajstić information content (AvgIpc) is 2.54. The van der Waals surface area contributed by atoms with Crippen molar-refractivity contribution in [1.29, 1.82) is 0 Å². The van der Waals surface area contributed by atoms with Gasteiger partial charge in [-0.2, -0.15) is 0 Å². The van der Waals surface area contributed by atoms with Gasteiger partial charge in [-0.05, 0) is 35.1 Å². The lowest BCUT2D eigenvalue weighted by Crippen LogP contribution is -2.25. The number of carbonyl (C=O) groups is 1. The first-order valence-electron chi connectivity index (χ1n) is 7.79. The van der Waals surface area contributed by atoms with Crippen LogP contribution >= 0.6 is 0 Å². The SMILES string of the molecule is CC(C)CCNC(=O)c1ccccc1-c1ccccc1CN. The Balaban J connectivity index is 2.29. The van der Waals surface area contributed by atoms with Gasteiger partial charge in [0.05, 0.1) is 0 Å². The van der Waals surface area contributed by atoms with Crippen molar-refractivity contribution in [1.82, 2.24) is 5.32 Å². The molecule has 2 aromatic carbocycles. The van der Waals surface area contributed by atoms with Crippen LogP contribution < -0.4 is 11.1 Å². The molecule has 0 radical (unpaired) electrons. The summed E-state index contributed by atoms with van der Waals surface area (Å²) in [5, 5.41) is 3.01. The molecule has 3 heteroatoms. The van der Waals surface area contributed by atoms with Crippen molar-refractivity contribution in [3.05, 3.63) is 59.7 Å². The first-order valence-corrected chi connectivity index (χ1v) is 7.79. The largest absolute Gasteiger partial charge is 0.352 e. The topological polar surface area (TPSA) is 55.1 Å². The van der Waals surface area contributed by atoms with Crippen LogP contribution in [0.4, 0.5) is 0 Å². The third-order valence-corrected chi connectivity index (χ3v) is 3.71. The molecule has 22 heavy (non-hydrogen) atoms. The summed E-state index contributed by atoms with van der Waals surface area (Å²) >= 11 is 0. The molecule has 0 spiro atoms. The van der Waals surface area contributed by atoms with Crippen LogP contribution in [-0.2, 0) is 6.54 Å². The summed E-state index contributed by atoms with van der Waals surface area (Å²) < 4.78 is 0. The summed E-state index contributed by atoms with van der Waals surface area (Å²) in [6.45, 7) is 5.46. The number of nitrogens with two attached hydrogens (primary N) is 1. The van der Waals surface area contributed by atoms with Crippen LogP contribution in [0.3, 0.4) is 0 Å². The molecule has 0 atom stereocenters. The third kappa shape index (κ3) is 3.95. The number of hydrogen-bond acceptors (Lipinski definition) is 2. The lowest BCUT2D eigenvalue weighted by molar-refractivity contribution is 0.0952. The minimum atomic E-state index is -0.0249. The number of carbonyl (C=O) groups excluding carboxylic acids is 1. The predicted octanol–water partition coefficient (Wildman–Crippen LogP) is 3.59. The summed E-state index contributed by atoms with van der Waals surface area (Å²) in [5.41, 5.74) is 9.54. The smallest absolute Gasteiger partial charge is 0.251 e.